The predicted octanol–water partition coefficient (Wildman–Crippen LogP) is 4.16. The molecule has 4 rings (SSSR count). The minimum atomic E-state index is -4.79. The Balaban J connectivity index is 1.87. The smallest absolute Gasteiger partial charge is 0.364 e. The predicted molar refractivity (Wildman–Crippen MR) is 135 cm³/mol. The van der Waals surface area contributed by atoms with Crippen LogP contribution >= 0.6 is 0 Å². The molecular weight excluding hydrogens is 482 g/mol. The number of rotatable bonds is 6. The number of hydrogen-bond donors (Lipinski definition) is 1. The van der Waals surface area contributed by atoms with Gasteiger partial charge in [-0.1, -0.05) is 30.0 Å². The summed E-state index contributed by atoms with van der Waals surface area (Å²) < 4.78 is 46.6. The summed E-state index contributed by atoms with van der Waals surface area (Å²) in [5.74, 6) is 5.74. The van der Waals surface area contributed by atoms with Crippen molar-refractivity contribution in [2.75, 3.05) is 18.0 Å². The Morgan fingerprint density at radius 1 is 1.03 bits per heavy atom. The largest absolute Gasteiger partial charge is 0.494 e. The Morgan fingerprint density at radius 3 is 2.53 bits per heavy atom. The SMILES string of the molecule is CCOc1ccc(N(c2cccc3cccnc23)S(=O)(=O)O)c(C#Cc2ccc(C(=O)OC)nc2)c1. The van der Waals surface area contributed by atoms with Crippen LogP contribution in [0.3, 0.4) is 0 Å². The molecule has 2 aromatic heterocycles. The molecule has 0 unspecified atom stereocenters. The second-order valence-corrected chi connectivity index (χ2v) is 8.64. The molecule has 9 nitrogen and oxygen atoms in total. The highest BCUT2D eigenvalue weighted by molar-refractivity contribution is 7.87. The molecule has 4 aromatic rings. The number of anilines is 2. The van der Waals surface area contributed by atoms with Crippen LogP contribution in [-0.4, -0.2) is 42.6 Å². The Kier molecular flexibility index (Phi) is 7.15. The van der Waals surface area contributed by atoms with E-state index in [9.17, 15) is 17.8 Å². The van der Waals surface area contributed by atoms with E-state index in [1.54, 1.807) is 48.5 Å². The van der Waals surface area contributed by atoms with Crippen LogP contribution in [0.25, 0.3) is 10.9 Å². The van der Waals surface area contributed by atoms with Gasteiger partial charge in [0.05, 0.1) is 36.2 Å². The topological polar surface area (TPSA) is 119 Å². The molecule has 0 aliphatic carbocycles. The van der Waals surface area contributed by atoms with E-state index < -0.39 is 16.3 Å². The number of benzene rings is 2. The monoisotopic (exact) mass is 503 g/mol. The van der Waals surface area contributed by atoms with Crippen LogP contribution in [0.1, 0.15) is 28.5 Å². The maximum Gasteiger partial charge on any atom is 0.364 e. The van der Waals surface area contributed by atoms with Gasteiger partial charge in [-0.2, -0.15) is 8.42 Å². The summed E-state index contributed by atoms with van der Waals surface area (Å²) in [7, 11) is -3.53. The lowest BCUT2D eigenvalue weighted by Crippen LogP contribution is -2.26. The van der Waals surface area contributed by atoms with E-state index in [0.29, 0.717) is 28.8 Å². The van der Waals surface area contributed by atoms with E-state index in [1.165, 1.54) is 31.6 Å². The highest BCUT2D eigenvalue weighted by atomic mass is 32.2. The number of fused-ring (bicyclic) bond motifs is 1. The number of para-hydroxylation sites is 1. The molecule has 0 bridgehead atoms. The maximum atomic E-state index is 12.7. The summed E-state index contributed by atoms with van der Waals surface area (Å²) in [5, 5.41) is 0.694. The van der Waals surface area contributed by atoms with E-state index in [1.807, 2.05) is 6.92 Å². The van der Waals surface area contributed by atoms with Crippen LogP contribution in [-0.2, 0) is 15.0 Å². The van der Waals surface area contributed by atoms with Gasteiger partial charge in [-0.15, -0.1) is 0 Å². The van der Waals surface area contributed by atoms with Crippen molar-refractivity contribution in [1.29, 1.82) is 0 Å². The van der Waals surface area contributed by atoms with Gasteiger partial charge in [-0.05, 0) is 49.4 Å². The first kappa shape index (κ1) is 24.7. The van der Waals surface area contributed by atoms with Gasteiger partial charge >= 0.3 is 16.3 Å². The third-order valence-electron chi connectivity index (χ3n) is 5.06. The van der Waals surface area contributed by atoms with Crippen LogP contribution < -0.4 is 9.04 Å². The zero-order chi connectivity index (χ0) is 25.7. The number of ether oxygens (including phenoxy) is 2. The third kappa shape index (κ3) is 5.27. The second kappa shape index (κ2) is 10.4. The van der Waals surface area contributed by atoms with Crippen molar-refractivity contribution < 1.29 is 27.2 Å². The van der Waals surface area contributed by atoms with E-state index in [0.717, 1.165) is 4.31 Å². The van der Waals surface area contributed by atoms with Crippen molar-refractivity contribution in [1.82, 2.24) is 9.97 Å². The Morgan fingerprint density at radius 2 is 1.83 bits per heavy atom. The maximum absolute atomic E-state index is 12.7. The lowest BCUT2D eigenvalue weighted by atomic mass is 10.1. The van der Waals surface area contributed by atoms with E-state index >= 15 is 0 Å². The first-order chi connectivity index (χ1) is 17.3. The van der Waals surface area contributed by atoms with Gasteiger partial charge in [-0.3, -0.25) is 9.54 Å². The molecule has 36 heavy (non-hydrogen) atoms. The number of hydrogen-bond acceptors (Lipinski definition) is 7. The van der Waals surface area contributed by atoms with E-state index in [2.05, 4.69) is 26.5 Å². The van der Waals surface area contributed by atoms with Crippen LogP contribution in [0.4, 0.5) is 11.4 Å². The molecule has 0 atom stereocenters. The normalized spacial score (nSPS) is 10.9. The van der Waals surface area contributed by atoms with Crippen LogP contribution in [0, 0.1) is 11.8 Å². The number of carbonyl (C=O) groups is 1. The minimum Gasteiger partial charge on any atom is -0.494 e. The van der Waals surface area contributed by atoms with Gasteiger partial charge in [0.25, 0.3) is 0 Å². The molecule has 0 saturated heterocycles. The molecule has 2 aromatic carbocycles. The molecule has 0 radical (unpaired) electrons. The van der Waals surface area contributed by atoms with E-state index in [4.69, 9.17) is 4.74 Å². The van der Waals surface area contributed by atoms with Gasteiger partial charge in [0.2, 0.25) is 0 Å². The quantitative estimate of drug-likeness (QED) is 0.237. The zero-order valence-electron chi connectivity index (χ0n) is 19.4. The first-order valence-corrected chi connectivity index (χ1v) is 12.2. The van der Waals surface area contributed by atoms with Gasteiger partial charge in [0.15, 0.2) is 0 Å². The fraction of sp³-hybridized carbons (Fsp3) is 0.115. The lowest BCUT2D eigenvalue weighted by molar-refractivity contribution is 0.0594. The number of esters is 1. The Labute approximate surface area is 208 Å². The standard InChI is InChI=1S/C26H21N3O6S/c1-3-35-21-12-14-23(20(16-21)11-9-18-10-13-22(28-17-18)26(30)34-2)29(36(31,32)33)24-8-4-6-19-7-5-15-27-25(19)24/h4-8,10,12-17H,3H2,1-2H3,(H,31,32,33). The van der Waals surface area contributed by atoms with Crippen molar-refractivity contribution in [3.63, 3.8) is 0 Å². The molecule has 2 heterocycles. The zero-order valence-corrected chi connectivity index (χ0v) is 20.2. The van der Waals surface area contributed by atoms with Gasteiger partial charge in [0, 0.05) is 23.3 Å². The summed E-state index contributed by atoms with van der Waals surface area (Å²) in [6.07, 6.45) is 2.94. The molecule has 182 valence electrons. The van der Waals surface area contributed by atoms with Crippen LogP contribution in [0.15, 0.2) is 73.1 Å². The number of pyridine rings is 2. The van der Waals surface area contributed by atoms with Gasteiger partial charge in [-0.25, -0.2) is 14.1 Å². The molecule has 0 aliphatic heterocycles. The fourth-order valence-electron chi connectivity index (χ4n) is 3.51. The van der Waals surface area contributed by atoms with Crippen molar-refractivity contribution in [3.05, 3.63) is 89.9 Å². The molecule has 0 saturated carbocycles. The van der Waals surface area contributed by atoms with Gasteiger partial charge < -0.3 is 9.47 Å². The van der Waals surface area contributed by atoms with Crippen LogP contribution in [0.2, 0.25) is 0 Å². The average molecular weight is 504 g/mol. The average Bonchev–Trinajstić information content (AvgIpc) is 2.88. The second-order valence-electron chi connectivity index (χ2n) is 7.38. The molecule has 0 amide bonds. The number of carbonyl (C=O) groups excluding carboxylic acids is 1. The summed E-state index contributed by atoms with van der Waals surface area (Å²) in [5.41, 5.74) is 1.51. The molecule has 0 spiro atoms. The van der Waals surface area contributed by atoms with Gasteiger partial charge in [0.1, 0.15) is 11.4 Å². The number of aromatic nitrogens is 2. The number of nitrogens with zero attached hydrogens (tertiary/aromatic N) is 3. The van der Waals surface area contributed by atoms with E-state index in [-0.39, 0.29) is 22.6 Å². The van der Waals surface area contributed by atoms with Crippen LogP contribution in [0.5, 0.6) is 5.75 Å². The third-order valence-corrected chi connectivity index (χ3v) is 5.91. The molecular formula is C26H21N3O6S. The highest BCUT2D eigenvalue weighted by Gasteiger charge is 2.26. The summed E-state index contributed by atoms with van der Waals surface area (Å²) >= 11 is 0. The summed E-state index contributed by atoms with van der Waals surface area (Å²) in [4.78, 5) is 20.0. The summed E-state index contributed by atoms with van der Waals surface area (Å²) in [6, 6.07) is 16.3. The fourth-order valence-corrected chi connectivity index (χ4v) is 4.32. The van der Waals surface area contributed by atoms with Crippen molar-refractivity contribution in [3.8, 4) is 17.6 Å². The molecule has 1 N–H and O–H groups in total. The summed E-state index contributed by atoms with van der Waals surface area (Å²) in [6.45, 7) is 2.21. The molecule has 10 heteroatoms. The minimum absolute atomic E-state index is 0.103. The van der Waals surface area contributed by atoms with Crippen molar-refractivity contribution in [2.24, 2.45) is 0 Å². The first-order valence-electron chi connectivity index (χ1n) is 10.8. The highest BCUT2D eigenvalue weighted by Crippen LogP contribution is 2.36. The Bertz CT molecular complexity index is 1590. The molecule has 0 fully saturated rings. The Hall–Kier alpha value is -4.46. The molecule has 0 aliphatic rings. The lowest BCUT2D eigenvalue weighted by Gasteiger charge is -2.23. The van der Waals surface area contributed by atoms with Crippen molar-refractivity contribution in [2.45, 2.75) is 6.92 Å². The van der Waals surface area contributed by atoms with Crippen molar-refractivity contribution >= 4 is 38.6 Å². The number of methoxy groups -OCH3 is 1.